The first kappa shape index (κ1) is 15.5. The summed E-state index contributed by atoms with van der Waals surface area (Å²) in [5.74, 6) is 0.130. The zero-order valence-electron chi connectivity index (χ0n) is 11.8. The Hall–Kier alpha value is -0.910. The number of nitrogens with one attached hydrogen (secondary N) is 1. The van der Waals surface area contributed by atoms with Crippen molar-refractivity contribution in [2.24, 2.45) is 5.73 Å². The second-order valence-electron chi connectivity index (χ2n) is 5.21. The third-order valence-electron chi connectivity index (χ3n) is 3.81. The fourth-order valence-electron chi connectivity index (χ4n) is 2.71. The minimum atomic E-state index is 0.0671. The molecule has 0 aromatic heterocycles. The Morgan fingerprint density at radius 2 is 2.25 bits per heavy atom. The molecule has 1 aliphatic heterocycles. The number of nitrogens with zero attached hydrogens (tertiary/aromatic N) is 1. The molecule has 0 bridgehead atoms. The summed E-state index contributed by atoms with van der Waals surface area (Å²) in [6, 6.07) is 8.52. The van der Waals surface area contributed by atoms with Gasteiger partial charge in [0.2, 0.25) is 5.91 Å². The number of amides is 1. The number of rotatable bonds is 4. The largest absolute Gasteiger partial charge is 0.355 e. The van der Waals surface area contributed by atoms with E-state index in [9.17, 15) is 4.79 Å². The summed E-state index contributed by atoms with van der Waals surface area (Å²) in [4.78, 5) is 13.8. The van der Waals surface area contributed by atoms with Crippen molar-refractivity contribution in [3.63, 3.8) is 0 Å². The summed E-state index contributed by atoms with van der Waals surface area (Å²) in [6.07, 6.45) is 1.45. The van der Waals surface area contributed by atoms with Gasteiger partial charge in [-0.3, -0.25) is 9.69 Å². The predicted octanol–water partition coefficient (Wildman–Crippen LogP) is 2.05. The first-order valence-electron chi connectivity index (χ1n) is 7.13. The lowest BCUT2D eigenvalue weighted by Crippen LogP contribution is -2.42. The van der Waals surface area contributed by atoms with E-state index in [0.717, 1.165) is 24.0 Å². The molecule has 1 aromatic rings. The summed E-state index contributed by atoms with van der Waals surface area (Å²) in [6.45, 7) is 4.41. The standard InChI is InChI=1S/C15H22BrN3O/c1-2-13(17)15(11-4-3-5-12(16)10-11)19-8-6-14(20)18-7-9-19/h3-5,10,13,15H,2,6-9,17H2,1H3,(H,18,20). The summed E-state index contributed by atoms with van der Waals surface area (Å²) in [5, 5.41) is 2.92. The molecule has 4 nitrogen and oxygen atoms in total. The van der Waals surface area contributed by atoms with Gasteiger partial charge in [0.1, 0.15) is 0 Å². The van der Waals surface area contributed by atoms with Crippen molar-refractivity contribution in [3.05, 3.63) is 34.3 Å². The zero-order valence-corrected chi connectivity index (χ0v) is 13.4. The van der Waals surface area contributed by atoms with Gasteiger partial charge in [0, 0.05) is 42.6 Å². The first-order valence-corrected chi connectivity index (χ1v) is 7.93. The van der Waals surface area contributed by atoms with Crippen LogP contribution in [0.1, 0.15) is 31.4 Å². The summed E-state index contributed by atoms with van der Waals surface area (Å²) in [5.41, 5.74) is 7.56. The number of benzene rings is 1. The minimum Gasteiger partial charge on any atom is -0.355 e. The minimum absolute atomic E-state index is 0.0671. The Labute approximate surface area is 128 Å². The van der Waals surface area contributed by atoms with Gasteiger partial charge >= 0.3 is 0 Å². The zero-order chi connectivity index (χ0) is 14.5. The molecule has 1 fully saturated rings. The fraction of sp³-hybridized carbons (Fsp3) is 0.533. The molecular formula is C15H22BrN3O. The maximum atomic E-state index is 11.5. The highest BCUT2D eigenvalue weighted by Crippen LogP contribution is 2.27. The Morgan fingerprint density at radius 3 is 2.95 bits per heavy atom. The Kier molecular flexibility index (Phi) is 5.57. The molecule has 1 heterocycles. The van der Waals surface area contributed by atoms with Crippen molar-refractivity contribution in [2.75, 3.05) is 19.6 Å². The molecule has 2 rings (SSSR count). The van der Waals surface area contributed by atoms with Crippen molar-refractivity contribution in [1.82, 2.24) is 10.2 Å². The molecule has 0 spiro atoms. The molecule has 1 aromatic carbocycles. The maximum Gasteiger partial charge on any atom is 0.221 e. The second kappa shape index (κ2) is 7.20. The SMILES string of the molecule is CCC(N)C(c1cccc(Br)c1)N1CCNC(=O)CC1. The van der Waals surface area contributed by atoms with Crippen molar-refractivity contribution < 1.29 is 4.79 Å². The van der Waals surface area contributed by atoms with Crippen LogP contribution >= 0.6 is 15.9 Å². The van der Waals surface area contributed by atoms with E-state index in [2.05, 4.69) is 45.2 Å². The van der Waals surface area contributed by atoms with E-state index in [1.54, 1.807) is 0 Å². The van der Waals surface area contributed by atoms with Crippen molar-refractivity contribution >= 4 is 21.8 Å². The van der Waals surface area contributed by atoms with Crippen LogP contribution in [0.25, 0.3) is 0 Å². The van der Waals surface area contributed by atoms with Gasteiger partial charge in [-0.2, -0.15) is 0 Å². The number of carbonyl (C=O) groups is 1. The number of halogens is 1. The Bertz CT molecular complexity index is 466. The van der Waals surface area contributed by atoms with E-state index < -0.39 is 0 Å². The average Bonchev–Trinajstić information content (AvgIpc) is 2.64. The van der Waals surface area contributed by atoms with Crippen LogP contribution in [-0.2, 0) is 4.79 Å². The highest BCUT2D eigenvalue weighted by atomic mass is 79.9. The molecular weight excluding hydrogens is 318 g/mol. The molecule has 2 atom stereocenters. The molecule has 2 unspecified atom stereocenters. The van der Waals surface area contributed by atoms with Gasteiger partial charge < -0.3 is 11.1 Å². The second-order valence-corrected chi connectivity index (χ2v) is 6.12. The van der Waals surface area contributed by atoms with E-state index in [1.165, 1.54) is 5.56 Å². The molecule has 1 amide bonds. The van der Waals surface area contributed by atoms with Crippen LogP contribution in [0.5, 0.6) is 0 Å². The van der Waals surface area contributed by atoms with Crippen LogP contribution in [0.15, 0.2) is 28.7 Å². The van der Waals surface area contributed by atoms with Gasteiger partial charge in [0.25, 0.3) is 0 Å². The fourth-order valence-corrected chi connectivity index (χ4v) is 3.12. The molecule has 5 heteroatoms. The lowest BCUT2D eigenvalue weighted by molar-refractivity contribution is -0.120. The molecule has 110 valence electrons. The van der Waals surface area contributed by atoms with Crippen LogP contribution in [0.3, 0.4) is 0 Å². The van der Waals surface area contributed by atoms with Gasteiger partial charge in [-0.1, -0.05) is 35.0 Å². The van der Waals surface area contributed by atoms with Crippen LogP contribution in [-0.4, -0.2) is 36.5 Å². The molecule has 0 aliphatic carbocycles. The van der Waals surface area contributed by atoms with Crippen molar-refractivity contribution in [1.29, 1.82) is 0 Å². The maximum absolute atomic E-state index is 11.5. The summed E-state index contributed by atoms with van der Waals surface area (Å²) >= 11 is 3.52. The van der Waals surface area contributed by atoms with Crippen molar-refractivity contribution in [3.8, 4) is 0 Å². The number of hydrogen-bond acceptors (Lipinski definition) is 3. The van der Waals surface area contributed by atoms with Gasteiger partial charge in [-0.15, -0.1) is 0 Å². The third-order valence-corrected chi connectivity index (χ3v) is 4.30. The lowest BCUT2D eigenvalue weighted by Gasteiger charge is -2.34. The first-order chi connectivity index (χ1) is 9.61. The topological polar surface area (TPSA) is 58.4 Å². The lowest BCUT2D eigenvalue weighted by atomic mass is 9.96. The molecule has 20 heavy (non-hydrogen) atoms. The van der Waals surface area contributed by atoms with Gasteiger partial charge in [0.15, 0.2) is 0 Å². The summed E-state index contributed by atoms with van der Waals surface area (Å²) in [7, 11) is 0. The third kappa shape index (κ3) is 3.81. The van der Waals surface area contributed by atoms with E-state index in [0.29, 0.717) is 13.0 Å². The summed E-state index contributed by atoms with van der Waals surface area (Å²) < 4.78 is 1.06. The highest BCUT2D eigenvalue weighted by molar-refractivity contribution is 9.10. The Morgan fingerprint density at radius 1 is 1.45 bits per heavy atom. The van der Waals surface area contributed by atoms with Crippen LogP contribution in [0.4, 0.5) is 0 Å². The molecule has 1 aliphatic rings. The predicted molar refractivity (Wildman–Crippen MR) is 84.3 cm³/mol. The van der Waals surface area contributed by atoms with Crippen LogP contribution in [0, 0.1) is 0 Å². The normalized spacial score (nSPS) is 20.1. The molecule has 1 saturated heterocycles. The number of nitrogens with two attached hydrogens (primary N) is 1. The van der Waals surface area contributed by atoms with Crippen LogP contribution < -0.4 is 11.1 Å². The quantitative estimate of drug-likeness (QED) is 0.882. The monoisotopic (exact) mass is 339 g/mol. The number of hydrogen-bond donors (Lipinski definition) is 2. The van der Waals surface area contributed by atoms with Gasteiger partial charge in [-0.05, 0) is 24.1 Å². The van der Waals surface area contributed by atoms with E-state index >= 15 is 0 Å². The van der Waals surface area contributed by atoms with E-state index in [4.69, 9.17) is 5.73 Å². The van der Waals surface area contributed by atoms with E-state index in [1.807, 2.05) is 12.1 Å². The molecule has 3 N–H and O–H groups in total. The van der Waals surface area contributed by atoms with Gasteiger partial charge in [-0.25, -0.2) is 0 Å². The van der Waals surface area contributed by atoms with Gasteiger partial charge in [0.05, 0.1) is 0 Å². The van der Waals surface area contributed by atoms with Crippen LogP contribution in [0.2, 0.25) is 0 Å². The van der Waals surface area contributed by atoms with E-state index in [-0.39, 0.29) is 18.0 Å². The molecule has 0 radical (unpaired) electrons. The highest BCUT2D eigenvalue weighted by Gasteiger charge is 2.27. The Balaban J connectivity index is 2.25. The average molecular weight is 340 g/mol. The van der Waals surface area contributed by atoms with Crippen molar-refractivity contribution in [2.45, 2.75) is 31.8 Å². The molecule has 0 saturated carbocycles. The number of carbonyl (C=O) groups excluding carboxylic acids is 1. The smallest absolute Gasteiger partial charge is 0.221 e.